The van der Waals surface area contributed by atoms with E-state index in [1.54, 1.807) is 5.57 Å². The first-order valence-electron chi connectivity index (χ1n) is 8.68. The third-order valence-electron chi connectivity index (χ3n) is 4.01. The molecule has 0 aliphatic rings. The number of unbranched alkanes of at least 4 members (excludes halogenated alkanes) is 1. The highest BCUT2D eigenvalue weighted by Gasteiger charge is 2.00. The van der Waals surface area contributed by atoms with Crippen molar-refractivity contribution in [3.63, 3.8) is 0 Å². The van der Waals surface area contributed by atoms with Crippen molar-refractivity contribution < 1.29 is 5.11 Å². The first-order chi connectivity index (χ1) is 10.7. The minimum Gasteiger partial charge on any atom is -0.396 e. The number of allylic oxidation sites excluding steroid dienone is 6. The Hall–Kier alpha value is -1.26. The van der Waals surface area contributed by atoms with Crippen molar-refractivity contribution >= 4 is 0 Å². The van der Waals surface area contributed by atoms with Crippen LogP contribution < -0.4 is 0 Å². The molecule has 0 aliphatic carbocycles. The molecule has 0 unspecified atom stereocenters. The van der Waals surface area contributed by atoms with Gasteiger partial charge in [0.15, 0.2) is 0 Å². The fraction of sp³-hybridized carbons (Fsp3) is 0.619. The van der Waals surface area contributed by atoms with Crippen molar-refractivity contribution in [2.24, 2.45) is 0 Å². The molecule has 0 fully saturated rings. The van der Waals surface area contributed by atoms with Crippen LogP contribution >= 0.6 is 0 Å². The van der Waals surface area contributed by atoms with Gasteiger partial charge in [0.2, 0.25) is 0 Å². The molecule has 0 amide bonds. The molecule has 1 N–H and O–H groups in total. The van der Waals surface area contributed by atoms with Crippen molar-refractivity contribution in [3.8, 4) is 12.3 Å². The maximum absolute atomic E-state index is 8.91. The standard InChI is InChI=1S/C21H34O/c1-5-7-10-14-19(3)15-11-8-9-12-17-21(6-2)20(4)16-13-18-22/h1,8-9,14,22H,6-7,10-13,15-18H2,2-4H3/b9-8+,19-14+,21-20+. The second-order valence-corrected chi connectivity index (χ2v) is 5.91. The Morgan fingerprint density at radius 3 is 2.32 bits per heavy atom. The SMILES string of the molecule is C#CCC/C=C(\C)CC/C=C/CC/C(CC)=C(\C)CCCO. The molecule has 0 rings (SSSR count). The summed E-state index contributed by atoms with van der Waals surface area (Å²) in [7, 11) is 0. The van der Waals surface area contributed by atoms with Crippen molar-refractivity contribution in [3.05, 3.63) is 34.9 Å². The molecule has 0 aromatic rings. The summed E-state index contributed by atoms with van der Waals surface area (Å²) in [4.78, 5) is 0. The van der Waals surface area contributed by atoms with Crippen molar-refractivity contribution in [2.75, 3.05) is 6.61 Å². The van der Waals surface area contributed by atoms with Gasteiger partial charge in [0, 0.05) is 13.0 Å². The molecule has 0 spiro atoms. The average Bonchev–Trinajstić information content (AvgIpc) is 2.52. The summed E-state index contributed by atoms with van der Waals surface area (Å²) in [5.74, 6) is 2.67. The maximum Gasteiger partial charge on any atom is 0.0434 e. The summed E-state index contributed by atoms with van der Waals surface area (Å²) in [6, 6.07) is 0. The van der Waals surface area contributed by atoms with Gasteiger partial charge in [0.25, 0.3) is 0 Å². The van der Waals surface area contributed by atoms with Gasteiger partial charge in [-0.2, -0.15) is 0 Å². The molecule has 0 aromatic carbocycles. The zero-order chi connectivity index (χ0) is 16.6. The molecule has 0 bridgehead atoms. The lowest BCUT2D eigenvalue weighted by Gasteiger charge is -2.09. The van der Waals surface area contributed by atoms with Crippen LogP contribution in [0, 0.1) is 12.3 Å². The number of rotatable bonds is 12. The lowest BCUT2D eigenvalue weighted by Crippen LogP contribution is -1.91. The van der Waals surface area contributed by atoms with Crippen LogP contribution in [0.5, 0.6) is 0 Å². The van der Waals surface area contributed by atoms with E-state index in [-0.39, 0.29) is 0 Å². The molecular formula is C21H34O. The number of aliphatic hydroxyl groups is 1. The highest BCUT2D eigenvalue weighted by atomic mass is 16.2. The number of terminal acetylenes is 1. The van der Waals surface area contributed by atoms with Gasteiger partial charge >= 0.3 is 0 Å². The average molecular weight is 303 g/mol. The molecule has 1 heteroatoms. The van der Waals surface area contributed by atoms with Gasteiger partial charge in [-0.05, 0) is 65.2 Å². The molecular weight excluding hydrogens is 268 g/mol. The number of hydrogen-bond acceptors (Lipinski definition) is 1. The third kappa shape index (κ3) is 11.4. The topological polar surface area (TPSA) is 20.2 Å². The summed E-state index contributed by atoms with van der Waals surface area (Å²) in [6.07, 6.45) is 21.5. The molecule has 0 aliphatic heterocycles. The summed E-state index contributed by atoms with van der Waals surface area (Å²) in [6.45, 7) is 6.92. The summed E-state index contributed by atoms with van der Waals surface area (Å²) < 4.78 is 0. The largest absolute Gasteiger partial charge is 0.396 e. The van der Waals surface area contributed by atoms with E-state index in [4.69, 9.17) is 11.5 Å². The highest BCUT2D eigenvalue weighted by Crippen LogP contribution is 2.19. The molecule has 22 heavy (non-hydrogen) atoms. The van der Waals surface area contributed by atoms with Crippen LogP contribution in [0.3, 0.4) is 0 Å². The minimum atomic E-state index is 0.294. The van der Waals surface area contributed by atoms with Gasteiger partial charge in [0.1, 0.15) is 0 Å². The Morgan fingerprint density at radius 2 is 1.73 bits per heavy atom. The predicted molar refractivity (Wildman–Crippen MR) is 98.7 cm³/mol. The van der Waals surface area contributed by atoms with Gasteiger partial charge in [-0.25, -0.2) is 0 Å². The van der Waals surface area contributed by atoms with Crippen LogP contribution in [0.25, 0.3) is 0 Å². The van der Waals surface area contributed by atoms with E-state index in [2.05, 4.69) is 44.9 Å². The first-order valence-corrected chi connectivity index (χ1v) is 8.68. The van der Waals surface area contributed by atoms with Crippen molar-refractivity contribution in [1.29, 1.82) is 0 Å². The zero-order valence-electron chi connectivity index (χ0n) is 14.8. The molecule has 0 heterocycles. The van der Waals surface area contributed by atoms with E-state index in [0.717, 1.165) is 57.8 Å². The summed E-state index contributed by atoms with van der Waals surface area (Å²) in [5, 5.41) is 8.91. The first kappa shape index (κ1) is 20.7. The van der Waals surface area contributed by atoms with Crippen LogP contribution in [0.4, 0.5) is 0 Å². The molecule has 0 saturated heterocycles. The van der Waals surface area contributed by atoms with Crippen LogP contribution in [0.1, 0.15) is 78.6 Å². The van der Waals surface area contributed by atoms with Gasteiger partial charge in [-0.3, -0.25) is 0 Å². The third-order valence-corrected chi connectivity index (χ3v) is 4.01. The molecule has 124 valence electrons. The Labute approximate surface area is 138 Å². The summed E-state index contributed by atoms with van der Waals surface area (Å²) >= 11 is 0. The van der Waals surface area contributed by atoms with E-state index >= 15 is 0 Å². The van der Waals surface area contributed by atoms with Crippen LogP contribution in [-0.4, -0.2) is 11.7 Å². The molecule has 0 radical (unpaired) electrons. The Bertz CT molecular complexity index is 404. The smallest absolute Gasteiger partial charge is 0.0434 e. The van der Waals surface area contributed by atoms with E-state index in [1.807, 2.05) is 0 Å². The second kappa shape index (κ2) is 14.7. The monoisotopic (exact) mass is 302 g/mol. The molecule has 0 atom stereocenters. The molecule has 0 aromatic heterocycles. The lowest BCUT2D eigenvalue weighted by atomic mass is 9.98. The number of aliphatic hydroxyl groups excluding tert-OH is 1. The lowest BCUT2D eigenvalue weighted by molar-refractivity contribution is 0.288. The van der Waals surface area contributed by atoms with E-state index in [9.17, 15) is 0 Å². The molecule has 0 saturated carbocycles. The maximum atomic E-state index is 8.91. The van der Waals surface area contributed by atoms with Gasteiger partial charge in [0.05, 0.1) is 0 Å². The van der Waals surface area contributed by atoms with Crippen molar-refractivity contribution in [2.45, 2.75) is 78.6 Å². The Morgan fingerprint density at radius 1 is 1.05 bits per heavy atom. The zero-order valence-corrected chi connectivity index (χ0v) is 14.8. The van der Waals surface area contributed by atoms with Crippen molar-refractivity contribution in [1.82, 2.24) is 0 Å². The van der Waals surface area contributed by atoms with Crippen LogP contribution in [0.2, 0.25) is 0 Å². The molecule has 1 nitrogen and oxygen atoms in total. The second-order valence-electron chi connectivity index (χ2n) is 5.91. The van der Waals surface area contributed by atoms with E-state index in [1.165, 1.54) is 11.1 Å². The van der Waals surface area contributed by atoms with E-state index < -0.39 is 0 Å². The highest BCUT2D eigenvalue weighted by molar-refractivity contribution is 5.12. The van der Waals surface area contributed by atoms with Gasteiger partial charge < -0.3 is 5.11 Å². The fourth-order valence-electron chi connectivity index (χ4n) is 2.52. The Kier molecular flexibility index (Phi) is 13.8. The Balaban J connectivity index is 3.98. The normalized spacial score (nSPS) is 13.3. The van der Waals surface area contributed by atoms with Crippen LogP contribution in [0.15, 0.2) is 34.9 Å². The van der Waals surface area contributed by atoms with Gasteiger partial charge in [-0.1, -0.05) is 41.9 Å². The van der Waals surface area contributed by atoms with Crippen LogP contribution in [-0.2, 0) is 0 Å². The number of hydrogen-bond donors (Lipinski definition) is 1. The summed E-state index contributed by atoms with van der Waals surface area (Å²) in [5.41, 5.74) is 4.47. The predicted octanol–water partition coefficient (Wildman–Crippen LogP) is 5.96. The van der Waals surface area contributed by atoms with Gasteiger partial charge in [-0.15, -0.1) is 12.3 Å². The fourth-order valence-corrected chi connectivity index (χ4v) is 2.52. The minimum absolute atomic E-state index is 0.294. The quantitative estimate of drug-likeness (QED) is 0.268. The van der Waals surface area contributed by atoms with E-state index in [0.29, 0.717) is 6.61 Å².